The molecule has 1 heterocycles. The van der Waals surface area contributed by atoms with Crippen molar-refractivity contribution >= 4 is 17.8 Å². The molecule has 0 aromatic rings. The molecule has 3 fully saturated rings. The van der Waals surface area contributed by atoms with Gasteiger partial charge in [-0.15, -0.1) is 0 Å². The van der Waals surface area contributed by atoms with Crippen molar-refractivity contribution in [3.8, 4) is 6.07 Å². The van der Waals surface area contributed by atoms with E-state index in [0.29, 0.717) is 18.8 Å². The van der Waals surface area contributed by atoms with E-state index in [1.807, 2.05) is 0 Å². The molecule has 0 radical (unpaired) electrons. The maximum atomic E-state index is 12.7. The van der Waals surface area contributed by atoms with Crippen molar-refractivity contribution < 1.29 is 14.4 Å². The number of nitrogens with one attached hydrogen (secondary N) is 2. The van der Waals surface area contributed by atoms with Gasteiger partial charge in [0, 0.05) is 0 Å². The number of hydrogen-bond donors (Lipinski definition) is 2. The van der Waals surface area contributed by atoms with Gasteiger partial charge in [-0.3, -0.25) is 14.5 Å². The second-order valence-electron chi connectivity index (χ2n) is 7.72. The van der Waals surface area contributed by atoms with Crippen LogP contribution in [0, 0.1) is 23.2 Å². The molecule has 1 aliphatic heterocycles. The van der Waals surface area contributed by atoms with Crippen molar-refractivity contribution in [3.63, 3.8) is 0 Å². The van der Waals surface area contributed by atoms with Crippen LogP contribution in [0.25, 0.3) is 0 Å². The number of carbonyl (C=O) groups is 3. The summed E-state index contributed by atoms with van der Waals surface area (Å²) in [4.78, 5) is 38.2. The number of nitriles is 1. The predicted molar refractivity (Wildman–Crippen MR) is 85.5 cm³/mol. The van der Waals surface area contributed by atoms with Gasteiger partial charge in [-0.05, 0) is 57.3 Å². The first-order chi connectivity index (χ1) is 11.3. The lowest BCUT2D eigenvalue weighted by Crippen LogP contribution is -2.52. The van der Waals surface area contributed by atoms with E-state index in [-0.39, 0.29) is 18.4 Å². The molecule has 0 unspecified atom stereocenters. The first kappa shape index (κ1) is 16.7. The minimum absolute atomic E-state index is 0.153. The van der Waals surface area contributed by atoms with Crippen LogP contribution in [0.1, 0.15) is 52.4 Å². The molecule has 130 valence electrons. The Morgan fingerprint density at radius 1 is 1.38 bits per heavy atom. The van der Waals surface area contributed by atoms with Crippen LogP contribution in [-0.2, 0) is 9.59 Å². The van der Waals surface area contributed by atoms with Gasteiger partial charge in [0.05, 0.1) is 6.07 Å². The van der Waals surface area contributed by atoms with Gasteiger partial charge >= 0.3 is 6.03 Å². The van der Waals surface area contributed by atoms with Crippen molar-refractivity contribution in [2.45, 2.75) is 63.5 Å². The molecular weight excluding hydrogens is 308 g/mol. The summed E-state index contributed by atoms with van der Waals surface area (Å²) < 4.78 is 0. The third-order valence-corrected chi connectivity index (χ3v) is 5.70. The second-order valence-corrected chi connectivity index (χ2v) is 7.72. The monoisotopic (exact) mass is 332 g/mol. The number of hydrogen-bond acceptors (Lipinski definition) is 4. The fourth-order valence-corrected chi connectivity index (χ4v) is 3.77. The summed E-state index contributed by atoms with van der Waals surface area (Å²) in [5.74, 6) is -0.0661. The summed E-state index contributed by atoms with van der Waals surface area (Å²) in [7, 11) is 0. The van der Waals surface area contributed by atoms with Crippen LogP contribution in [-0.4, -0.2) is 40.4 Å². The van der Waals surface area contributed by atoms with Gasteiger partial charge in [0.2, 0.25) is 5.91 Å². The Balaban J connectivity index is 1.65. The van der Waals surface area contributed by atoms with Crippen LogP contribution in [0.4, 0.5) is 4.79 Å². The fourth-order valence-electron chi connectivity index (χ4n) is 3.77. The lowest BCUT2D eigenvalue weighted by molar-refractivity contribution is -0.136. The smallest absolute Gasteiger partial charge is 0.325 e. The van der Waals surface area contributed by atoms with Gasteiger partial charge in [-0.25, -0.2) is 4.79 Å². The fraction of sp³-hybridized carbons (Fsp3) is 0.765. The molecule has 7 nitrogen and oxygen atoms in total. The van der Waals surface area contributed by atoms with E-state index in [1.54, 1.807) is 6.92 Å². The molecule has 1 saturated heterocycles. The zero-order valence-corrected chi connectivity index (χ0v) is 14.2. The van der Waals surface area contributed by atoms with Gasteiger partial charge in [0.15, 0.2) is 0 Å². The van der Waals surface area contributed by atoms with Gasteiger partial charge in [-0.1, -0.05) is 6.92 Å². The van der Waals surface area contributed by atoms with Crippen molar-refractivity contribution in [1.29, 1.82) is 5.26 Å². The number of urea groups is 1. The van der Waals surface area contributed by atoms with Crippen LogP contribution in [0.2, 0.25) is 0 Å². The summed E-state index contributed by atoms with van der Waals surface area (Å²) in [5, 5.41) is 14.8. The zero-order valence-electron chi connectivity index (χ0n) is 14.2. The van der Waals surface area contributed by atoms with Gasteiger partial charge in [0.25, 0.3) is 5.91 Å². The first-order valence-electron chi connectivity index (χ1n) is 8.66. The lowest BCUT2D eigenvalue weighted by Gasteiger charge is -2.33. The molecule has 0 aromatic heterocycles. The van der Waals surface area contributed by atoms with Crippen LogP contribution in [0.5, 0.6) is 0 Å². The molecule has 0 aromatic carbocycles. The SMILES string of the molecule is CC1CCC2(CC1)NC(=O)N(CC(=O)N[C@@](C)(C#N)C1CC1)C2=O. The van der Waals surface area contributed by atoms with E-state index in [9.17, 15) is 19.6 Å². The lowest BCUT2D eigenvalue weighted by atomic mass is 9.77. The summed E-state index contributed by atoms with van der Waals surface area (Å²) in [5.41, 5.74) is -1.76. The molecular formula is C17H24N4O3. The van der Waals surface area contributed by atoms with Crippen molar-refractivity contribution in [1.82, 2.24) is 15.5 Å². The molecule has 24 heavy (non-hydrogen) atoms. The Morgan fingerprint density at radius 2 is 2.00 bits per heavy atom. The largest absolute Gasteiger partial charge is 0.336 e. The third-order valence-electron chi connectivity index (χ3n) is 5.70. The maximum absolute atomic E-state index is 12.7. The standard InChI is InChI=1S/C17H24N4O3/c1-11-5-7-17(8-6-11)14(23)21(15(24)20-17)9-13(22)19-16(2,10-18)12-3-4-12/h11-12H,3-9H2,1-2H3,(H,19,22)(H,20,24)/t11?,16-,17?/m0/s1. The number of imide groups is 1. The van der Waals surface area contributed by atoms with E-state index in [2.05, 4.69) is 23.6 Å². The topological polar surface area (TPSA) is 102 Å². The highest BCUT2D eigenvalue weighted by atomic mass is 16.2. The number of nitrogens with zero attached hydrogens (tertiary/aromatic N) is 2. The summed E-state index contributed by atoms with van der Waals surface area (Å²) in [6.45, 7) is 3.50. The van der Waals surface area contributed by atoms with E-state index in [4.69, 9.17) is 0 Å². The van der Waals surface area contributed by atoms with Crippen LogP contribution in [0.15, 0.2) is 0 Å². The second kappa shape index (κ2) is 5.76. The van der Waals surface area contributed by atoms with E-state index < -0.39 is 23.0 Å². The van der Waals surface area contributed by atoms with Crippen molar-refractivity contribution in [2.75, 3.05) is 6.54 Å². The molecule has 7 heteroatoms. The van der Waals surface area contributed by atoms with Gasteiger partial charge in [0.1, 0.15) is 17.6 Å². The van der Waals surface area contributed by atoms with Crippen LogP contribution >= 0.6 is 0 Å². The molecule has 0 bridgehead atoms. The number of amides is 4. The molecule has 2 aliphatic carbocycles. The molecule has 3 aliphatic rings. The van der Waals surface area contributed by atoms with E-state index in [1.165, 1.54) is 0 Å². The minimum atomic E-state index is -0.922. The van der Waals surface area contributed by atoms with Crippen molar-refractivity contribution in [3.05, 3.63) is 0 Å². The Bertz CT molecular complexity index is 614. The minimum Gasteiger partial charge on any atom is -0.336 e. The average Bonchev–Trinajstić information content (AvgIpc) is 3.36. The Kier molecular flexibility index (Phi) is 4.02. The molecule has 3 rings (SSSR count). The quantitative estimate of drug-likeness (QED) is 0.757. The number of rotatable bonds is 4. The molecule has 1 atom stereocenters. The first-order valence-corrected chi connectivity index (χ1v) is 8.66. The van der Waals surface area contributed by atoms with Crippen LogP contribution in [0.3, 0.4) is 0 Å². The zero-order chi connectivity index (χ0) is 17.5. The maximum Gasteiger partial charge on any atom is 0.325 e. The molecule has 1 spiro atoms. The Morgan fingerprint density at radius 3 is 2.54 bits per heavy atom. The van der Waals surface area contributed by atoms with Crippen LogP contribution < -0.4 is 10.6 Å². The Labute approximate surface area is 141 Å². The summed E-state index contributed by atoms with van der Waals surface area (Å²) in [6.07, 6.45) is 4.84. The van der Waals surface area contributed by atoms with E-state index >= 15 is 0 Å². The van der Waals surface area contributed by atoms with Gasteiger partial charge in [-0.2, -0.15) is 5.26 Å². The van der Waals surface area contributed by atoms with Gasteiger partial charge < -0.3 is 10.6 Å². The predicted octanol–water partition coefficient (Wildman–Crippen LogP) is 1.30. The van der Waals surface area contributed by atoms with Crippen molar-refractivity contribution in [2.24, 2.45) is 11.8 Å². The average molecular weight is 332 g/mol. The number of carbonyl (C=O) groups excluding carboxylic acids is 3. The highest BCUT2D eigenvalue weighted by Crippen LogP contribution is 2.39. The Hall–Kier alpha value is -2.10. The third kappa shape index (κ3) is 2.85. The highest BCUT2D eigenvalue weighted by Gasteiger charge is 2.52. The molecule has 4 amide bonds. The van der Waals surface area contributed by atoms with E-state index in [0.717, 1.165) is 30.6 Å². The summed E-state index contributed by atoms with van der Waals surface area (Å²) in [6, 6.07) is 1.64. The molecule has 2 saturated carbocycles. The summed E-state index contributed by atoms with van der Waals surface area (Å²) >= 11 is 0. The highest BCUT2D eigenvalue weighted by molar-refractivity contribution is 6.09. The normalized spacial score (nSPS) is 32.2. The molecule has 2 N–H and O–H groups in total.